The minimum Gasteiger partial charge on any atom is -0.342 e. The molecule has 0 radical (unpaired) electrons. The molecule has 0 aliphatic carbocycles. The van der Waals surface area contributed by atoms with Gasteiger partial charge in [0, 0.05) is 29.9 Å². The van der Waals surface area contributed by atoms with E-state index in [-0.39, 0.29) is 16.9 Å². The number of amides is 1. The number of fused-ring (bicyclic) bond motifs is 3. The van der Waals surface area contributed by atoms with Gasteiger partial charge in [-0.3, -0.25) is 9.59 Å². The average molecular weight is 462 g/mol. The van der Waals surface area contributed by atoms with Crippen molar-refractivity contribution in [3.05, 3.63) is 106 Å². The zero-order valence-electron chi connectivity index (χ0n) is 17.6. The number of halogens is 3. The van der Waals surface area contributed by atoms with Crippen LogP contribution < -0.4 is 10.9 Å². The number of anilines is 1. The highest BCUT2D eigenvalue weighted by atomic mass is 19.2. The smallest absolute Gasteiger partial charge is 0.278 e. The maximum absolute atomic E-state index is 14.1. The first-order valence-electron chi connectivity index (χ1n) is 10.4. The number of pyridine rings is 1. The van der Waals surface area contributed by atoms with E-state index in [0.717, 1.165) is 22.4 Å². The van der Waals surface area contributed by atoms with E-state index in [1.54, 1.807) is 12.3 Å². The second-order valence-corrected chi connectivity index (χ2v) is 7.81. The molecule has 0 spiro atoms. The monoisotopic (exact) mass is 462 g/mol. The highest BCUT2D eigenvalue weighted by molar-refractivity contribution is 5.94. The standard InChI is InChI=1S/C25H17F3N4O2/c26-16-6-9-22-18(10-16)24-19(13-31(22)12-15-4-2-1-3-5-15)25(34)32(30-24)14-23(33)29-17-7-8-20(27)21(28)11-17/h1-11,13H,12,14H2,(H,29,33). The third-order valence-electron chi connectivity index (χ3n) is 5.44. The van der Waals surface area contributed by atoms with Crippen LogP contribution >= 0.6 is 0 Å². The van der Waals surface area contributed by atoms with Crippen LogP contribution in [0.1, 0.15) is 5.56 Å². The molecule has 0 saturated carbocycles. The molecule has 1 N–H and O–H groups in total. The van der Waals surface area contributed by atoms with Crippen LogP contribution in [0.4, 0.5) is 18.9 Å². The molecular weight excluding hydrogens is 445 g/mol. The van der Waals surface area contributed by atoms with Gasteiger partial charge in [-0.15, -0.1) is 0 Å². The molecule has 2 aliphatic heterocycles. The molecule has 170 valence electrons. The predicted molar refractivity (Wildman–Crippen MR) is 121 cm³/mol. The predicted octanol–water partition coefficient (Wildman–Crippen LogP) is 4.41. The number of carbonyl (C=O) groups excluding carboxylic acids is 1. The number of carbonyl (C=O) groups is 1. The highest BCUT2D eigenvalue weighted by Crippen LogP contribution is 2.28. The molecule has 2 aliphatic rings. The quantitative estimate of drug-likeness (QED) is 0.421. The van der Waals surface area contributed by atoms with Crippen molar-refractivity contribution in [3.63, 3.8) is 0 Å². The van der Waals surface area contributed by atoms with E-state index in [4.69, 9.17) is 0 Å². The normalized spacial score (nSPS) is 11.3. The largest absolute Gasteiger partial charge is 0.342 e. The summed E-state index contributed by atoms with van der Waals surface area (Å²) in [7, 11) is 0. The van der Waals surface area contributed by atoms with E-state index in [9.17, 15) is 22.8 Å². The Balaban J connectivity index is 1.53. The molecule has 3 aromatic carbocycles. The lowest BCUT2D eigenvalue weighted by Gasteiger charge is -2.14. The summed E-state index contributed by atoms with van der Waals surface area (Å²) in [5, 5.41) is 7.12. The van der Waals surface area contributed by atoms with Gasteiger partial charge in [0.2, 0.25) is 5.91 Å². The Bertz CT molecular complexity index is 1560. The third-order valence-corrected chi connectivity index (χ3v) is 5.44. The zero-order valence-corrected chi connectivity index (χ0v) is 17.6. The van der Waals surface area contributed by atoms with Crippen LogP contribution in [0.15, 0.2) is 77.7 Å². The lowest BCUT2D eigenvalue weighted by molar-refractivity contribution is -0.116. The number of hydrogen-bond donors (Lipinski definition) is 1. The molecule has 34 heavy (non-hydrogen) atoms. The molecule has 6 nitrogen and oxygen atoms in total. The van der Waals surface area contributed by atoms with Crippen molar-refractivity contribution in [2.45, 2.75) is 13.1 Å². The second-order valence-electron chi connectivity index (χ2n) is 7.81. The van der Waals surface area contributed by atoms with E-state index < -0.39 is 35.5 Å². The highest BCUT2D eigenvalue weighted by Gasteiger charge is 2.22. The summed E-state index contributed by atoms with van der Waals surface area (Å²) >= 11 is 0. The fourth-order valence-corrected chi connectivity index (χ4v) is 3.88. The molecule has 0 atom stereocenters. The summed E-state index contributed by atoms with van der Waals surface area (Å²) in [5.41, 5.74) is 1.68. The van der Waals surface area contributed by atoms with Gasteiger partial charge in [0.25, 0.3) is 5.56 Å². The first-order chi connectivity index (χ1) is 16.4. The van der Waals surface area contributed by atoms with Gasteiger partial charge in [-0.2, -0.15) is 5.10 Å². The Morgan fingerprint density at radius 2 is 1.74 bits per heavy atom. The number of nitrogens with one attached hydrogen (secondary N) is 1. The van der Waals surface area contributed by atoms with Gasteiger partial charge in [-0.1, -0.05) is 30.3 Å². The van der Waals surface area contributed by atoms with Crippen molar-refractivity contribution in [1.29, 1.82) is 0 Å². The van der Waals surface area contributed by atoms with Gasteiger partial charge in [-0.25, -0.2) is 17.9 Å². The van der Waals surface area contributed by atoms with Crippen molar-refractivity contribution in [2.24, 2.45) is 0 Å². The Hall–Kier alpha value is -4.40. The molecule has 0 fully saturated rings. The molecule has 5 rings (SSSR count). The van der Waals surface area contributed by atoms with Crippen LogP contribution in [-0.2, 0) is 17.9 Å². The Morgan fingerprint density at radius 3 is 2.50 bits per heavy atom. The van der Waals surface area contributed by atoms with Gasteiger partial charge in [0.15, 0.2) is 11.6 Å². The molecule has 0 bridgehead atoms. The first kappa shape index (κ1) is 21.4. The lowest BCUT2D eigenvalue weighted by atomic mass is 10.1. The summed E-state index contributed by atoms with van der Waals surface area (Å²) < 4.78 is 43.4. The maximum atomic E-state index is 14.1. The van der Waals surface area contributed by atoms with Crippen molar-refractivity contribution < 1.29 is 18.0 Å². The van der Waals surface area contributed by atoms with Crippen molar-refractivity contribution in [3.8, 4) is 11.3 Å². The van der Waals surface area contributed by atoms with E-state index in [0.29, 0.717) is 17.4 Å². The fourth-order valence-electron chi connectivity index (χ4n) is 3.88. The minimum atomic E-state index is -1.11. The summed E-state index contributed by atoms with van der Waals surface area (Å²) in [5.74, 6) is -3.28. The van der Waals surface area contributed by atoms with E-state index in [2.05, 4.69) is 10.4 Å². The second kappa shape index (κ2) is 8.51. The van der Waals surface area contributed by atoms with Crippen LogP contribution in [0.25, 0.3) is 22.2 Å². The summed E-state index contributed by atoms with van der Waals surface area (Å²) in [6, 6.07) is 16.8. The molecule has 0 saturated heterocycles. The average Bonchev–Trinajstić information content (AvgIpc) is 3.12. The van der Waals surface area contributed by atoms with Gasteiger partial charge >= 0.3 is 0 Å². The maximum Gasteiger partial charge on any atom is 0.278 e. The van der Waals surface area contributed by atoms with E-state index in [1.165, 1.54) is 18.2 Å². The van der Waals surface area contributed by atoms with Crippen LogP contribution in [0.3, 0.4) is 0 Å². The summed E-state index contributed by atoms with van der Waals surface area (Å²) in [6.07, 6.45) is 1.64. The lowest BCUT2D eigenvalue weighted by Crippen LogP contribution is -2.26. The van der Waals surface area contributed by atoms with Crippen LogP contribution in [0, 0.1) is 17.5 Å². The molecule has 0 aromatic heterocycles. The Morgan fingerprint density at radius 1 is 0.941 bits per heavy atom. The third kappa shape index (κ3) is 4.03. The summed E-state index contributed by atoms with van der Waals surface area (Å²) in [6.45, 7) is -0.0118. The molecular formula is C25H17F3N4O2. The van der Waals surface area contributed by atoms with E-state index in [1.807, 2.05) is 34.9 Å². The van der Waals surface area contributed by atoms with Crippen LogP contribution in [-0.4, -0.2) is 20.3 Å². The number of hydrogen-bond acceptors (Lipinski definition) is 3. The molecule has 9 heteroatoms. The number of nitrogens with zero attached hydrogens (tertiary/aromatic N) is 3. The number of aromatic nitrogens is 3. The number of benzene rings is 3. The topological polar surface area (TPSA) is 68.9 Å². The summed E-state index contributed by atoms with van der Waals surface area (Å²) in [4.78, 5) is 25.5. The molecule has 3 aromatic rings. The molecule has 0 unspecified atom stereocenters. The fraction of sp³-hybridized carbons (Fsp3) is 0.0800. The van der Waals surface area contributed by atoms with Crippen molar-refractivity contribution in [1.82, 2.24) is 14.3 Å². The van der Waals surface area contributed by atoms with Crippen LogP contribution in [0.5, 0.6) is 0 Å². The van der Waals surface area contributed by atoms with Gasteiger partial charge in [0.05, 0.1) is 11.1 Å². The zero-order chi connectivity index (χ0) is 23.8. The van der Waals surface area contributed by atoms with Gasteiger partial charge in [-0.05, 0) is 35.9 Å². The minimum absolute atomic E-state index is 0.0429. The molecule has 2 heterocycles. The van der Waals surface area contributed by atoms with Gasteiger partial charge < -0.3 is 9.88 Å². The SMILES string of the molecule is O=C(Cn1nc2c3cc(F)ccc3n(Cc3ccccc3)cc-2c1=O)Nc1ccc(F)c(F)c1. The molecule has 1 amide bonds. The number of rotatable bonds is 5. The van der Waals surface area contributed by atoms with Gasteiger partial charge in [0.1, 0.15) is 18.1 Å². The Labute approximate surface area is 191 Å². The van der Waals surface area contributed by atoms with Crippen molar-refractivity contribution in [2.75, 3.05) is 5.32 Å². The first-order valence-corrected chi connectivity index (χ1v) is 10.4. The van der Waals surface area contributed by atoms with Crippen molar-refractivity contribution >= 4 is 22.5 Å². The van der Waals surface area contributed by atoms with Crippen LogP contribution in [0.2, 0.25) is 0 Å². The van der Waals surface area contributed by atoms with E-state index >= 15 is 0 Å². The Kier molecular flexibility index (Phi) is 5.37.